The second-order valence-electron chi connectivity index (χ2n) is 7.30. The van der Waals surface area contributed by atoms with Gasteiger partial charge in [0.05, 0.1) is 10.6 Å². The topological polar surface area (TPSA) is 53.1 Å². The minimum Gasteiger partial charge on any atom is -0.440 e. The second kappa shape index (κ2) is 6.79. The van der Waals surface area contributed by atoms with E-state index in [9.17, 15) is 5.26 Å². The third-order valence-electron chi connectivity index (χ3n) is 5.13. The number of aromatic nitrogens is 1. The molecule has 5 heteroatoms. The summed E-state index contributed by atoms with van der Waals surface area (Å²) in [6.07, 6.45) is 2.78. The van der Waals surface area contributed by atoms with Crippen LogP contribution in [-0.4, -0.2) is 29.0 Å². The lowest BCUT2D eigenvalue weighted by atomic mass is 9.89. The molecular weight excluding hydrogens is 354 g/mol. The van der Waals surface area contributed by atoms with Crippen molar-refractivity contribution in [2.75, 3.05) is 14.1 Å². The molecule has 27 heavy (non-hydrogen) atoms. The van der Waals surface area contributed by atoms with Gasteiger partial charge in [-0.1, -0.05) is 42.5 Å². The molecule has 1 heterocycles. The maximum atomic E-state index is 9.85. The maximum Gasteiger partial charge on any atom is 0.198 e. The number of oxazole rings is 1. The van der Waals surface area contributed by atoms with Crippen LogP contribution in [-0.2, 0) is 6.42 Å². The molecule has 1 fully saturated rings. The van der Waals surface area contributed by atoms with Crippen LogP contribution in [0.3, 0.4) is 0 Å². The van der Waals surface area contributed by atoms with Gasteiger partial charge in [0.25, 0.3) is 0 Å². The van der Waals surface area contributed by atoms with Crippen molar-refractivity contribution in [2.45, 2.75) is 32.1 Å². The molecule has 0 N–H and O–H groups in total. The highest BCUT2D eigenvalue weighted by molar-refractivity contribution is 7.80. The number of hydrogen-bond acceptors (Lipinski definition) is 4. The van der Waals surface area contributed by atoms with Crippen LogP contribution in [0.2, 0.25) is 0 Å². The van der Waals surface area contributed by atoms with Gasteiger partial charge in [0, 0.05) is 32.0 Å². The normalized spacial score (nSPS) is 13.6. The fourth-order valence-corrected chi connectivity index (χ4v) is 3.61. The van der Waals surface area contributed by atoms with Crippen molar-refractivity contribution in [1.82, 2.24) is 9.88 Å². The Balaban J connectivity index is 2.05. The van der Waals surface area contributed by atoms with E-state index in [-0.39, 0.29) is 0 Å². The van der Waals surface area contributed by atoms with Gasteiger partial charge in [0.2, 0.25) is 0 Å². The highest BCUT2D eigenvalue weighted by atomic mass is 32.1. The molecule has 0 spiro atoms. The Bertz CT molecular complexity index is 1070. The molecule has 2 aromatic carbocycles. The van der Waals surface area contributed by atoms with Gasteiger partial charge in [-0.3, -0.25) is 0 Å². The Hall–Kier alpha value is -2.71. The first-order valence-electron chi connectivity index (χ1n) is 9.12. The van der Waals surface area contributed by atoms with Gasteiger partial charge in [-0.15, -0.1) is 0 Å². The van der Waals surface area contributed by atoms with Crippen LogP contribution in [0, 0.1) is 18.3 Å². The molecule has 1 saturated carbocycles. The second-order valence-corrected chi connectivity index (χ2v) is 7.77. The van der Waals surface area contributed by atoms with Gasteiger partial charge < -0.3 is 9.32 Å². The van der Waals surface area contributed by atoms with Crippen molar-refractivity contribution in [3.05, 3.63) is 52.9 Å². The lowest BCUT2D eigenvalue weighted by Crippen LogP contribution is -2.22. The molecular formula is C22H21N3OS. The Morgan fingerprint density at radius 2 is 2.00 bits per heavy atom. The van der Waals surface area contributed by atoms with Gasteiger partial charge in [0.1, 0.15) is 11.6 Å². The monoisotopic (exact) mass is 375 g/mol. The van der Waals surface area contributed by atoms with E-state index >= 15 is 0 Å². The lowest BCUT2D eigenvalue weighted by Gasteiger charge is -2.18. The summed E-state index contributed by atoms with van der Waals surface area (Å²) in [7, 11) is 3.91. The minimum atomic E-state index is 0.387. The van der Waals surface area contributed by atoms with Crippen molar-refractivity contribution in [3.8, 4) is 17.2 Å². The first-order chi connectivity index (χ1) is 13.0. The lowest BCUT2D eigenvalue weighted by molar-refractivity contribution is 0.530. The SMILES string of the molecule is Cc1c(-c2ccccc2)c(CC(=S)N(C)C)c2oc(C3CC3)nc2c1C#N. The van der Waals surface area contributed by atoms with E-state index in [2.05, 4.69) is 18.2 Å². The van der Waals surface area contributed by atoms with E-state index < -0.39 is 0 Å². The van der Waals surface area contributed by atoms with Crippen LogP contribution in [0.5, 0.6) is 0 Å². The van der Waals surface area contributed by atoms with Crippen LogP contribution in [0.25, 0.3) is 22.2 Å². The van der Waals surface area contributed by atoms with Gasteiger partial charge >= 0.3 is 0 Å². The Morgan fingerprint density at radius 1 is 1.30 bits per heavy atom. The summed E-state index contributed by atoms with van der Waals surface area (Å²) in [6, 6.07) is 12.5. The van der Waals surface area contributed by atoms with E-state index in [1.54, 1.807) is 0 Å². The molecule has 1 aromatic heterocycles. The Labute approximate surface area is 164 Å². The predicted molar refractivity (Wildman–Crippen MR) is 111 cm³/mol. The Morgan fingerprint density at radius 3 is 2.59 bits per heavy atom. The molecule has 4 rings (SSSR count). The van der Waals surface area contributed by atoms with Gasteiger partial charge in [0.15, 0.2) is 11.5 Å². The summed E-state index contributed by atoms with van der Waals surface area (Å²) in [4.78, 5) is 7.48. The summed E-state index contributed by atoms with van der Waals surface area (Å²) in [6.45, 7) is 1.99. The fraction of sp³-hybridized carbons (Fsp3) is 0.318. The molecule has 136 valence electrons. The summed E-state index contributed by atoms with van der Waals surface area (Å²) in [5.41, 5.74) is 6.03. The summed E-state index contributed by atoms with van der Waals surface area (Å²) in [5.74, 6) is 1.14. The van der Waals surface area contributed by atoms with Crippen molar-refractivity contribution < 1.29 is 4.42 Å². The van der Waals surface area contributed by atoms with Crippen molar-refractivity contribution >= 4 is 28.3 Å². The van der Waals surface area contributed by atoms with Crippen LogP contribution in [0.4, 0.5) is 0 Å². The van der Waals surface area contributed by atoms with E-state index in [1.807, 2.05) is 44.1 Å². The number of nitriles is 1. The average Bonchev–Trinajstić information content (AvgIpc) is 3.42. The zero-order valence-electron chi connectivity index (χ0n) is 15.7. The number of hydrogen-bond donors (Lipinski definition) is 0. The summed E-state index contributed by atoms with van der Waals surface area (Å²) >= 11 is 5.61. The molecule has 0 bridgehead atoms. The van der Waals surface area contributed by atoms with Crippen LogP contribution in [0.15, 0.2) is 34.7 Å². The van der Waals surface area contributed by atoms with Gasteiger partial charge in [-0.05, 0) is 36.5 Å². The molecule has 3 aromatic rings. The molecule has 1 aliphatic carbocycles. The highest BCUT2D eigenvalue weighted by Crippen LogP contribution is 2.44. The summed E-state index contributed by atoms with van der Waals surface area (Å²) < 4.78 is 6.22. The third kappa shape index (κ3) is 3.11. The zero-order chi connectivity index (χ0) is 19.1. The number of nitrogens with zero attached hydrogens (tertiary/aromatic N) is 3. The molecule has 0 amide bonds. The molecule has 4 nitrogen and oxygen atoms in total. The number of likely N-dealkylation sites (N-methyl/N-ethyl adjacent to an activating group) is 1. The van der Waals surface area contributed by atoms with Gasteiger partial charge in [-0.2, -0.15) is 5.26 Å². The van der Waals surface area contributed by atoms with Crippen LogP contribution in [0.1, 0.15) is 41.3 Å². The van der Waals surface area contributed by atoms with Crippen molar-refractivity contribution in [2.24, 2.45) is 0 Å². The smallest absolute Gasteiger partial charge is 0.198 e. The predicted octanol–water partition coefficient (Wildman–Crippen LogP) is 4.98. The molecule has 0 unspecified atom stereocenters. The quantitative estimate of drug-likeness (QED) is 0.602. The number of thiocarbonyl (C=S) groups is 1. The van der Waals surface area contributed by atoms with E-state index in [0.29, 0.717) is 29.0 Å². The molecule has 0 aliphatic heterocycles. The first kappa shape index (κ1) is 17.7. The third-order valence-corrected chi connectivity index (χ3v) is 5.64. The summed E-state index contributed by atoms with van der Waals surface area (Å²) in [5, 5.41) is 9.85. The molecule has 0 radical (unpaired) electrons. The van der Waals surface area contributed by atoms with Gasteiger partial charge in [-0.25, -0.2) is 4.98 Å². The van der Waals surface area contributed by atoms with E-state index in [0.717, 1.165) is 46.0 Å². The van der Waals surface area contributed by atoms with E-state index in [1.165, 1.54) is 0 Å². The highest BCUT2D eigenvalue weighted by Gasteiger charge is 2.31. The Kier molecular flexibility index (Phi) is 4.45. The average molecular weight is 375 g/mol. The molecule has 1 aliphatic rings. The number of fused-ring (bicyclic) bond motifs is 1. The maximum absolute atomic E-state index is 9.85. The minimum absolute atomic E-state index is 0.387. The number of benzene rings is 2. The molecule has 0 atom stereocenters. The largest absolute Gasteiger partial charge is 0.440 e. The zero-order valence-corrected chi connectivity index (χ0v) is 16.6. The van der Waals surface area contributed by atoms with Crippen molar-refractivity contribution in [3.63, 3.8) is 0 Å². The van der Waals surface area contributed by atoms with E-state index in [4.69, 9.17) is 21.6 Å². The van der Waals surface area contributed by atoms with Crippen molar-refractivity contribution in [1.29, 1.82) is 5.26 Å². The van der Waals surface area contributed by atoms with Crippen LogP contribution < -0.4 is 0 Å². The van der Waals surface area contributed by atoms with Crippen LogP contribution >= 0.6 is 12.2 Å². The standard InChI is InChI=1S/C22H21N3OS/c1-13-17(12-23)20-21(26-22(24-20)15-9-10-15)16(11-18(27)25(2)3)19(13)14-7-5-4-6-8-14/h4-8,15H,9-11H2,1-3H3. The number of rotatable bonds is 4. The first-order valence-corrected chi connectivity index (χ1v) is 9.53. The fourth-order valence-electron chi connectivity index (χ4n) is 3.47. The molecule has 0 saturated heterocycles.